The van der Waals surface area contributed by atoms with E-state index in [4.69, 9.17) is 10.5 Å². The molecule has 3 heterocycles. The minimum Gasteiger partial charge on any atom is -0.463 e. The van der Waals surface area contributed by atoms with Gasteiger partial charge in [0.25, 0.3) is 0 Å². The molecular formula is C22H40N6O. The smallest absolute Gasteiger partial charge is 0.320 e. The maximum absolute atomic E-state index is 6.11. The van der Waals surface area contributed by atoms with Crippen molar-refractivity contribution >= 4 is 17.3 Å². The highest BCUT2D eigenvalue weighted by molar-refractivity contribution is 5.80. The predicted octanol–water partition coefficient (Wildman–Crippen LogP) is 4.11. The second-order valence-corrected chi connectivity index (χ2v) is 8.52. The summed E-state index contributed by atoms with van der Waals surface area (Å²) in [6.45, 7) is 10.7. The Labute approximate surface area is 176 Å². The molecule has 0 radical (unpaired) electrons. The van der Waals surface area contributed by atoms with Crippen LogP contribution in [0, 0.1) is 5.92 Å². The molecule has 0 amide bonds. The monoisotopic (exact) mass is 404 g/mol. The number of hydrogen-bond donors (Lipinski definition) is 2. The molecule has 2 aliphatic rings. The summed E-state index contributed by atoms with van der Waals surface area (Å²) >= 11 is 0. The number of unbranched alkanes of at least 4 members (excludes halogenated alkanes) is 3. The molecule has 7 heteroatoms. The van der Waals surface area contributed by atoms with Crippen LogP contribution < -0.4 is 20.7 Å². The number of nitrogen functional groups attached to an aromatic ring is 1. The minimum atomic E-state index is 0.401. The standard InChI is InChI=1S/C22H40N6O/c1-3-5-12-27-14-10-18(11-15-27)9-7-8-13-28-17-24-19-20(23)25-22(26-21(19)28)29-16-6-4-2/h18,24H,3-17H2,1-2H3,(H2,23,25,26). The van der Waals surface area contributed by atoms with Crippen molar-refractivity contribution in [3.8, 4) is 6.01 Å². The van der Waals surface area contributed by atoms with E-state index < -0.39 is 0 Å². The van der Waals surface area contributed by atoms with Gasteiger partial charge in [-0.3, -0.25) is 0 Å². The lowest BCUT2D eigenvalue weighted by Crippen LogP contribution is -2.34. The van der Waals surface area contributed by atoms with Gasteiger partial charge in [0.15, 0.2) is 11.6 Å². The summed E-state index contributed by atoms with van der Waals surface area (Å²) in [4.78, 5) is 13.8. The van der Waals surface area contributed by atoms with E-state index in [9.17, 15) is 0 Å². The maximum Gasteiger partial charge on any atom is 0.320 e. The average molecular weight is 405 g/mol. The van der Waals surface area contributed by atoms with Crippen LogP contribution in [0.5, 0.6) is 6.01 Å². The predicted molar refractivity (Wildman–Crippen MR) is 121 cm³/mol. The minimum absolute atomic E-state index is 0.401. The van der Waals surface area contributed by atoms with Crippen molar-refractivity contribution in [3.63, 3.8) is 0 Å². The van der Waals surface area contributed by atoms with E-state index in [0.717, 1.165) is 43.5 Å². The van der Waals surface area contributed by atoms with Crippen molar-refractivity contribution in [3.05, 3.63) is 0 Å². The van der Waals surface area contributed by atoms with Crippen LogP contribution in [-0.2, 0) is 0 Å². The molecule has 0 atom stereocenters. The third-order valence-corrected chi connectivity index (χ3v) is 6.20. The molecule has 1 fully saturated rings. The van der Waals surface area contributed by atoms with Crippen molar-refractivity contribution in [2.75, 3.05) is 55.4 Å². The molecule has 7 nitrogen and oxygen atoms in total. The van der Waals surface area contributed by atoms with Crippen molar-refractivity contribution in [1.29, 1.82) is 0 Å². The fraction of sp³-hybridized carbons (Fsp3) is 0.818. The number of anilines is 3. The largest absolute Gasteiger partial charge is 0.463 e. The molecule has 29 heavy (non-hydrogen) atoms. The van der Waals surface area contributed by atoms with Gasteiger partial charge in [0.2, 0.25) is 0 Å². The van der Waals surface area contributed by atoms with Gasteiger partial charge >= 0.3 is 6.01 Å². The topological polar surface area (TPSA) is 79.5 Å². The van der Waals surface area contributed by atoms with E-state index in [1.165, 1.54) is 64.6 Å². The number of piperidine rings is 1. The first kappa shape index (κ1) is 21.9. The van der Waals surface area contributed by atoms with Gasteiger partial charge < -0.3 is 25.6 Å². The highest BCUT2D eigenvalue weighted by Crippen LogP contribution is 2.35. The number of nitrogens with one attached hydrogen (secondary N) is 1. The lowest BCUT2D eigenvalue weighted by atomic mass is 9.91. The van der Waals surface area contributed by atoms with Crippen LogP contribution in [0.15, 0.2) is 0 Å². The molecular weight excluding hydrogens is 364 g/mol. The van der Waals surface area contributed by atoms with E-state index >= 15 is 0 Å². The summed E-state index contributed by atoms with van der Waals surface area (Å²) in [7, 11) is 0. The number of nitrogens with zero attached hydrogens (tertiary/aromatic N) is 4. The van der Waals surface area contributed by atoms with Gasteiger partial charge in [-0.2, -0.15) is 9.97 Å². The van der Waals surface area contributed by atoms with E-state index in [-0.39, 0.29) is 0 Å². The zero-order chi connectivity index (χ0) is 20.5. The third kappa shape index (κ3) is 6.36. The molecule has 0 aromatic carbocycles. The second kappa shape index (κ2) is 11.4. The third-order valence-electron chi connectivity index (χ3n) is 6.20. The Morgan fingerprint density at radius 3 is 2.59 bits per heavy atom. The van der Waals surface area contributed by atoms with E-state index in [1.54, 1.807) is 0 Å². The van der Waals surface area contributed by atoms with Crippen molar-refractivity contribution in [1.82, 2.24) is 14.9 Å². The van der Waals surface area contributed by atoms with Crippen molar-refractivity contribution in [2.24, 2.45) is 5.92 Å². The summed E-state index contributed by atoms with van der Waals surface area (Å²) < 4.78 is 5.68. The first-order valence-electron chi connectivity index (χ1n) is 11.7. The number of rotatable bonds is 12. The van der Waals surface area contributed by atoms with Crippen molar-refractivity contribution in [2.45, 2.75) is 71.6 Å². The average Bonchev–Trinajstić information content (AvgIpc) is 3.14. The highest BCUT2D eigenvalue weighted by atomic mass is 16.5. The quantitative estimate of drug-likeness (QED) is 0.508. The van der Waals surface area contributed by atoms with Crippen LogP contribution in [0.2, 0.25) is 0 Å². The van der Waals surface area contributed by atoms with Crippen LogP contribution in [0.25, 0.3) is 0 Å². The van der Waals surface area contributed by atoms with Gasteiger partial charge in [-0.15, -0.1) is 0 Å². The fourth-order valence-electron chi connectivity index (χ4n) is 4.27. The maximum atomic E-state index is 6.11. The summed E-state index contributed by atoms with van der Waals surface area (Å²) in [6.07, 6.45) is 11.3. The molecule has 1 aromatic heterocycles. The Bertz CT molecular complexity index is 618. The lowest BCUT2D eigenvalue weighted by Gasteiger charge is -2.32. The summed E-state index contributed by atoms with van der Waals surface area (Å²) in [6, 6.07) is 0.401. The van der Waals surface area contributed by atoms with E-state index in [2.05, 4.69) is 38.9 Å². The normalized spacial score (nSPS) is 17.4. The molecule has 164 valence electrons. The molecule has 1 saturated heterocycles. The molecule has 3 rings (SSSR count). The van der Waals surface area contributed by atoms with E-state index in [0.29, 0.717) is 18.4 Å². The SMILES string of the molecule is CCCCOc1nc(N)c2c(n1)N(CCCCC1CCN(CCCC)CC1)CN2. The molecule has 0 unspecified atom stereocenters. The Hall–Kier alpha value is -1.76. The number of likely N-dealkylation sites (tertiary alicyclic amines) is 1. The molecule has 3 N–H and O–H groups in total. The number of aromatic nitrogens is 2. The Morgan fingerprint density at radius 1 is 1.03 bits per heavy atom. The number of ether oxygens (including phenoxy) is 1. The van der Waals surface area contributed by atoms with Gasteiger partial charge in [0, 0.05) is 6.54 Å². The Kier molecular flexibility index (Phi) is 8.65. The summed E-state index contributed by atoms with van der Waals surface area (Å²) in [5.41, 5.74) is 6.96. The number of fused-ring (bicyclic) bond motifs is 1. The van der Waals surface area contributed by atoms with E-state index in [1.807, 2.05) is 0 Å². The molecule has 0 aliphatic carbocycles. The fourth-order valence-corrected chi connectivity index (χ4v) is 4.27. The van der Waals surface area contributed by atoms with Gasteiger partial charge in [-0.25, -0.2) is 0 Å². The number of hydrogen-bond acceptors (Lipinski definition) is 7. The first-order chi connectivity index (χ1) is 14.2. The summed E-state index contributed by atoms with van der Waals surface area (Å²) in [5, 5.41) is 3.34. The number of nitrogens with two attached hydrogens (primary N) is 1. The lowest BCUT2D eigenvalue weighted by molar-refractivity contribution is 0.175. The second-order valence-electron chi connectivity index (χ2n) is 8.52. The molecule has 0 saturated carbocycles. The molecule has 0 bridgehead atoms. The Morgan fingerprint density at radius 2 is 1.83 bits per heavy atom. The van der Waals surface area contributed by atoms with Crippen LogP contribution in [0.4, 0.5) is 17.3 Å². The van der Waals surface area contributed by atoms with Crippen LogP contribution in [-0.4, -0.2) is 54.3 Å². The van der Waals surface area contributed by atoms with Gasteiger partial charge in [-0.1, -0.05) is 39.5 Å². The van der Waals surface area contributed by atoms with Gasteiger partial charge in [0.05, 0.1) is 13.3 Å². The summed E-state index contributed by atoms with van der Waals surface area (Å²) in [5.74, 6) is 2.29. The van der Waals surface area contributed by atoms with Gasteiger partial charge in [0.1, 0.15) is 5.69 Å². The highest BCUT2D eigenvalue weighted by Gasteiger charge is 2.25. The Balaban J connectivity index is 1.39. The van der Waals surface area contributed by atoms with Gasteiger partial charge in [-0.05, 0) is 57.7 Å². The zero-order valence-electron chi connectivity index (χ0n) is 18.5. The molecule has 2 aliphatic heterocycles. The van der Waals surface area contributed by atoms with Crippen LogP contribution in [0.1, 0.15) is 71.6 Å². The van der Waals surface area contributed by atoms with Crippen LogP contribution >= 0.6 is 0 Å². The van der Waals surface area contributed by atoms with Crippen LogP contribution in [0.3, 0.4) is 0 Å². The first-order valence-corrected chi connectivity index (χ1v) is 11.7. The molecule has 0 spiro atoms. The van der Waals surface area contributed by atoms with Crippen molar-refractivity contribution < 1.29 is 4.74 Å². The molecule has 1 aromatic rings. The zero-order valence-corrected chi connectivity index (χ0v) is 18.5.